The van der Waals surface area contributed by atoms with Crippen molar-refractivity contribution in [3.8, 4) is 23.1 Å². The lowest BCUT2D eigenvalue weighted by Crippen LogP contribution is -2.29. The number of anilines is 1. The Balaban J connectivity index is 1.48. The highest BCUT2D eigenvalue weighted by atomic mass is 35.5. The quantitative estimate of drug-likeness (QED) is 0.278. The minimum absolute atomic E-state index is 0.313. The summed E-state index contributed by atoms with van der Waals surface area (Å²) in [7, 11) is 1.56. The lowest BCUT2D eigenvalue weighted by molar-refractivity contribution is 0.252. The number of urea groups is 1. The third-order valence-corrected chi connectivity index (χ3v) is 5.47. The highest BCUT2D eigenvalue weighted by Crippen LogP contribution is 2.37. The van der Waals surface area contributed by atoms with Crippen LogP contribution in [0.25, 0.3) is 10.9 Å². The first-order valence-corrected chi connectivity index (χ1v) is 11.8. The topological polar surface area (TPSA) is 125 Å². The number of amides is 2. The third kappa shape index (κ3) is 6.30. The maximum absolute atomic E-state index is 12.0. The lowest BCUT2D eigenvalue weighted by atomic mass is 10.2. The summed E-state index contributed by atoms with van der Waals surface area (Å²) in [4.78, 5) is 20.6. The Morgan fingerprint density at radius 2 is 2.06 bits per heavy atom. The minimum Gasteiger partial charge on any atom is -0.493 e. The fraction of sp³-hybridized carbons (Fsp3) is 0.292. The Morgan fingerprint density at radius 3 is 2.81 bits per heavy atom. The normalized spacial score (nSPS) is 10.8. The molecule has 0 unspecified atom stereocenters. The largest absolute Gasteiger partial charge is 0.493 e. The van der Waals surface area contributed by atoms with Crippen molar-refractivity contribution in [2.45, 2.75) is 26.3 Å². The van der Waals surface area contributed by atoms with Crippen molar-refractivity contribution in [3.05, 3.63) is 54.1 Å². The standard InChI is InChI=1S/C24H26ClN7O4/c1-3-4-7-26-24(33)30-19-6-5-16(12-18(19)25)36-23-17-13-21(34-2)22(14-20(17)27-15-28-23)35-11-10-32-9-8-29-31-32/h5-6,8-9,12-15H,3-4,7,10-11H2,1-2H3,(H2,26,30,33). The Hall–Kier alpha value is -4.12. The van der Waals surface area contributed by atoms with E-state index in [-0.39, 0.29) is 6.03 Å². The van der Waals surface area contributed by atoms with Crippen molar-refractivity contribution in [3.63, 3.8) is 0 Å². The zero-order chi connectivity index (χ0) is 25.3. The molecule has 2 amide bonds. The molecule has 2 N–H and O–H groups in total. The number of fused-ring (bicyclic) bond motifs is 1. The summed E-state index contributed by atoms with van der Waals surface area (Å²) in [5.74, 6) is 1.81. The molecule has 0 saturated heterocycles. The van der Waals surface area contributed by atoms with Gasteiger partial charge < -0.3 is 24.8 Å². The van der Waals surface area contributed by atoms with Crippen LogP contribution in [0.4, 0.5) is 10.5 Å². The van der Waals surface area contributed by atoms with E-state index in [0.717, 1.165) is 12.8 Å². The first kappa shape index (κ1) is 25.0. The van der Waals surface area contributed by atoms with E-state index in [2.05, 4.69) is 37.8 Å². The molecule has 0 atom stereocenters. The van der Waals surface area contributed by atoms with Gasteiger partial charge in [-0.3, -0.25) is 0 Å². The molecule has 12 heteroatoms. The molecule has 0 spiro atoms. The SMILES string of the molecule is CCCCNC(=O)Nc1ccc(Oc2ncnc3cc(OCCn4ccnn4)c(OC)cc23)cc1Cl. The van der Waals surface area contributed by atoms with Gasteiger partial charge in [-0.25, -0.2) is 19.4 Å². The van der Waals surface area contributed by atoms with Crippen molar-refractivity contribution >= 4 is 34.2 Å². The second-order valence-corrected chi connectivity index (χ2v) is 8.10. The number of unbranched alkanes of at least 4 members (excludes halogenated alkanes) is 1. The lowest BCUT2D eigenvalue weighted by Gasteiger charge is -2.14. The number of nitrogens with one attached hydrogen (secondary N) is 2. The molecule has 4 rings (SSSR count). The van der Waals surface area contributed by atoms with E-state index in [1.54, 1.807) is 54.5 Å². The monoisotopic (exact) mass is 511 g/mol. The van der Waals surface area contributed by atoms with Gasteiger partial charge in [0.15, 0.2) is 11.5 Å². The maximum Gasteiger partial charge on any atom is 0.319 e. The van der Waals surface area contributed by atoms with Crippen LogP contribution in [0.5, 0.6) is 23.1 Å². The number of benzene rings is 2. The molecule has 0 bridgehead atoms. The molecule has 0 aliphatic carbocycles. The average Bonchev–Trinajstić information content (AvgIpc) is 3.39. The van der Waals surface area contributed by atoms with Crippen LogP contribution in [0, 0.1) is 0 Å². The highest BCUT2D eigenvalue weighted by Gasteiger charge is 2.14. The number of hydrogen-bond acceptors (Lipinski definition) is 8. The van der Waals surface area contributed by atoms with Gasteiger partial charge in [0.05, 0.1) is 41.5 Å². The van der Waals surface area contributed by atoms with Crippen LogP contribution < -0.4 is 24.8 Å². The van der Waals surface area contributed by atoms with Crippen LogP contribution in [0.1, 0.15) is 19.8 Å². The minimum atomic E-state index is -0.313. The number of nitrogens with zero attached hydrogens (tertiary/aromatic N) is 5. The molecule has 2 aromatic heterocycles. The molecule has 0 saturated carbocycles. The summed E-state index contributed by atoms with van der Waals surface area (Å²) in [6.07, 6.45) is 6.67. The average molecular weight is 512 g/mol. The van der Waals surface area contributed by atoms with Gasteiger partial charge in [0.25, 0.3) is 0 Å². The molecule has 11 nitrogen and oxygen atoms in total. The number of rotatable bonds is 11. The summed E-state index contributed by atoms with van der Waals surface area (Å²) < 4.78 is 19.1. The summed E-state index contributed by atoms with van der Waals surface area (Å²) in [6.45, 7) is 3.56. The molecule has 36 heavy (non-hydrogen) atoms. The number of hydrogen-bond donors (Lipinski definition) is 2. The predicted octanol–water partition coefficient (Wildman–Crippen LogP) is 4.68. The zero-order valence-corrected chi connectivity index (χ0v) is 20.7. The van der Waals surface area contributed by atoms with Gasteiger partial charge in [0, 0.05) is 24.9 Å². The smallest absolute Gasteiger partial charge is 0.319 e. The van der Waals surface area contributed by atoms with E-state index in [9.17, 15) is 4.79 Å². The van der Waals surface area contributed by atoms with Crippen molar-refractivity contribution in [2.75, 3.05) is 25.6 Å². The van der Waals surface area contributed by atoms with Crippen LogP contribution in [0.3, 0.4) is 0 Å². The van der Waals surface area contributed by atoms with E-state index in [1.807, 2.05) is 0 Å². The predicted molar refractivity (Wildman–Crippen MR) is 135 cm³/mol. The molecule has 2 aromatic carbocycles. The van der Waals surface area contributed by atoms with Crippen LogP contribution in [-0.2, 0) is 6.54 Å². The highest BCUT2D eigenvalue weighted by molar-refractivity contribution is 6.33. The zero-order valence-electron chi connectivity index (χ0n) is 19.9. The van der Waals surface area contributed by atoms with Gasteiger partial charge in [0.1, 0.15) is 18.7 Å². The van der Waals surface area contributed by atoms with Gasteiger partial charge in [-0.15, -0.1) is 5.10 Å². The summed E-state index contributed by atoms with van der Waals surface area (Å²) in [5, 5.41) is 14.2. The van der Waals surface area contributed by atoms with E-state index in [4.69, 9.17) is 25.8 Å². The summed E-state index contributed by atoms with van der Waals surface area (Å²) in [5.41, 5.74) is 1.09. The molecule has 0 fully saturated rings. The van der Waals surface area contributed by atoms with Gasteiger partial charge >= 0.3 is 6.03 Å². The van der Waals surface area contributed by atoms with Crippen molar-refractivity contribution in [2.24, 2.45) is 0 Å². The van der Waals surface area contributed by atoms with Crippen LogP contribution in [-0.4, -0.2) is 51.3 Å². The van der Waals surface area contributed by atoms with E-state index in [1.165, 1.54) is 6.33 Å². The van der Waals surface area contributed by atoms with Gasteiger partial charge in [-0.2, -0.15) is 0 Å². The molecular formula is C24H26ClN7O4. The van der Waals surface area contributed by atoms with Gasteiger partial charge in [-0.05, 0) is 24.6 Å². The number of methoxy groups -OCH3 is 1. The van der Waals surface area contributed by atoms with Gasteiger partial charge in [0.2, 0.25) is 5.88 Å². The number of carbonyl (C=O) groups is 1. The molecule has 0 radical (unpaired) electrons. The molecule has 188 valence electrons. The van der Waals surface area contributed by atoms with Crippen LogP contribution in [0.2, 0.25) is 5.02 Å². The molecule has 0 aliphatic rings. The van der Waals surface area contributed by atoms with Crippen molar-refractivity contribution in [1.29, 1.82) is 0 Å². The fourth-order valence-corrected chi connectivity index (χ4v) is 3.53. The molecular weight excluding hydrogens is 486 g/mol. The maximum atomic E-state index is 12.0. The van der Waals surface area contributed by atoms with Crippen molar-refractivity contribution in [1.82, 2.24) is 30.3 Å². The van der Waals surface area contributed by atoms with E-state index >= 15 is 0 Å². The van der Waals surface area contributed by atoms with Crippen LogP contribution in [0.15, 0.2) is 49.1 Å². The molecule has 0 aliphatic heterocycles. The molecule has 4 aromatic rings. The Labute approximate surface area is 212 Å². The summed E-state index contributed by atoms with van der Waals surface area (Å²) in [6, 6.07) is 8.18. The van der Waals surface area contributed by atoms with Crippen LogP contribution >= 0.6 is 11.6 Å². The number of aromatic nitrogens is 5. The van der Waals surface area contributed by atoms with E-state index < -0.39 is 0 Å². The number of ether oxygens (including phenoxy) is 3. The first-order valence-electron chi connectivity index (χ1n) is 11.4. The number of carbonyl (C=O) groups excluding carboxylic acids is 1. The Kier molecular flexibility index (Phi) is 8.35. The second kappa shape index (κ2) is 12.0. The fourth-order valence-electron chi connectivity index (χ4n) is 3.31. The Morgan fingerprint density at radius 1 is 1.17 bits per heavy atom. The van der Waals surface area contributed by atoms with Gasteiger partial charge in [-0.1, -0.05) is 30.2 Å². The van der Waals surface area contributed by atoms with E-state index in [0.29, 0.717) is 64.4 Å². The third-order valence-electron chi connectivity index (χ3n) is 5.15. The Bertz CT molecular complexity index is 1320. The molecule has 2 heterocycles. The van der Waals surface area contributed by atoms with Crippen molar-refractivity contribution < 1.29 is 19.0 Å². The summed E-state index contributed by atoms with van der Waals surface area (Å²) >= 11 is 6.37. The number of halogens is 1. The first-order chi connectivity index (χ1) is 17.6. The second-order valence-electron chi connectivity index (χ2n) is 7.69.